The van der Waals surface area contributed by atoms with Crippen LogP contribution in [0.3, 0.4) is 0 Å². The molecule has 1 aliphatic heterocycles. The van der Waals surface area contributed by atoms with Gasteiger partial charge in [-0.3, -0.25) is 0 Å². The minimum Gasteiger partial charge on any atom is -0.317 e. The first kappa shape index (κ1) is 12.1. The molecule has 0 saturated carbocycles. The van der Waals surface area contributed by atoms with E-state index in [1.54, 1.807) is 6.07 Å². The molecule has 0 spiro atoms. The van der Waals surface area contributed by atoms with Crippen LogP contribution in [0.5, 0.6) is 0 Å². The molecule has 1 N–H and O–H groups in total. The predicted molar refractivity (Wildman–Crippen MR) is 68.1 cm³/mol. The molecule has 0 aromatic heterocycles. The highest BCUT2D eigenvalue weighted by atomic mass is 79.9. The number of halogens is 2. The third-order valence-electron chi connectivity index (χ3n) is 3.56. The molecule has 0 aliphatic carbocycles. The fourth-order valence-corrected chi connectivity index (χ4v) is 2.81. The summed E-state index contributed by atoms with van der Waals surface area (Å²) in [5.74, 6) is 1.05. The second kappa shape index (κ2) is 5.28. The van der Waals surface area contributed by atoms with Gasteiger partial charge in [0.15, 0.2) is 0 Å². The van der Waals surface area contributed by atoms with Crippen LogP contribution in [0, 0.1) is 11.7 Å². The molecule has 1 nitrogen and oxygen atoms in total. The highest BCUT2D eigenvalue weighted by molar-refractivity contribution is 9.10. The van der Waals surface area contributed by atoms with Crippen LogP contribution < -0.4 is 5.32 Å². The Kier molecular flexibility index (Phi) is 3.98. The van der Waals surface area contributed by atoms with Crippen LogP contribution in [0.2, 0.25) is 0 Å². The van der Waals surface area contributed by atoms with Gasteiger partial charge in [0, 0.05) is 0 Å². The quantitative estimate of drug-likeness (QED) is 0.874. The molecule has 1 aliphatic rings. The van der Waals surface area contributed by atoms with E-state index in [9.17, 15) is 4.39 Å². The molecule has 1 heterocycles. The molecule has 0 amide bonds. The fourth-order valence-electron chi connectivity index (χ4n) is 2.41. The molecule has 0 bridgehead atoms. The number of hydrogen-bond acceptors (Lipinski definition) is 1. The highest BCUT2D eigenvalue weighted by Gasteiger charge is 2.21. The third-order valence-corrected chi connectivity index (χ3v) is 4.17. The first-order chi connectivity index (χ1) is 7.68. The summed E-state index contributed by atoms with van der Waals surface area (Å²) in [6.07, 6.45) is 2.44. The van der Waals surface area contributed by atoms with Crippen molar-refractivity contribution in [1.82, 2.24) is 5.32 Å². The summed E-state index contributed by atoms with van der Waals surface area (Å²) >= 11 is 3.25. The molecule has 2 rings (SSSR count). The van der Waals surface area contributed by atoms with Crippen molar-refractivity contribution in [3.63, 3.8) is 0 Å². The zero-order valence-corrected chi connectivity index (χ0v) is 11.1. The number of nitrogens with one attached hydrogen (secondary N) is 1. The molecular weight excluding hydrogens is 269 g/mol. The van der Waals surface area contributed by atoms with Crippen molar-refractivity contribution in [2.24, 2.45) is 5.92 Å². The van der Waals surface area contributed by atoms with Crippen molar-refractivity contribution in [3.05, 3.63) is 34.1 Å². The van der Waals surface area contributed by atoms with Crippen LogP contribution in [0.25, 0.3) is 0 Å². The molecule has 3 heteroatoms. The maximum atomic E-state index is 13.1. The van der Waals surface area contributed by atoms with E-state index >= 15 is 0 Å². The Balaban J connectivity index is 2.12. The van der Waals surface area contributed by atoms with Gasteiger partial charge in [-0.05, 0) is 71.4 Å². The predicted octanol–water partition coefficient (Wildman–Crippen LogP) is 3.69. The second-order valence-corrected chi connectivity index (χ2v) is 5.40. The Morgan fingerprint density at radius 1 is 1.38 bits per heavy atom. The van der Waals surface area contributed by atoms with Crippen molar-refractivity contribution >= 4 is 15.9 Å². The van der Waals surface area contributed by atoms with Crippen LogP contribution in [0.1, 0.15) is 31.2 Å². The maximum Gasteiger partial charge on any atom is 0.137 e. The van der Waals surface area contributed by atoms with E-state index in [1.807, 2.05) is 12.1 Å². The number of rotatable bonds is 2. The van der Waals surface area contributed by atoms with Crippen molar-refractivity contribution in [2.75, 3.05) is 13.1 Å². The minimum absolute atomic E-state index is 0.179. The SMILES string of the molecule is CC(c1ccc(F)c(Br)c1)C1CCNCC1. The second-order valence-electron chi connectivity index (χ2n) is 4.55. The lowest BCUT2D eigenvalue weighted by Crippen LogP contribution is -2.30. The summed E-state index contributed by atoms with van der Waals surface area (Å²) in [4.78, 5) is 0. The van der Waals surface area contributed by atoms with Crippen LogP contribution in [-0.2, 0) is 0 Å². The van der Waals surface area contributed by atoms with Crippen LogP contribution in [0.15, 0.2) is 22.7 Å². The Morgan fingerprint density at radius 3 is 2.69 bits per heavy atom. The summed E-state index contributed by atoms with van der Waals surface area (Å²) in [6, 6.07) is 5.38. The molecule has 1 aromatic rings. The molecule has 1 unspecified atom stereocenters. The van der Waals surface area contributed by atoms with E-state index < -0.39 is 0 Å². The smallest absolute Gasteiger partial charge is 0.137 e. The van der Waals surface area contributed by atoms with Crippen molar-refractivity contribution in [3.8, 4) is 0 Å². The van der Waals surface area contributed by atoms with Gasteiger partial charge in [0.2, 0.25) is 0 Å². The Bertz CT molecular complexity index is 361. The molecule has 1 saturated heterocycles. The average molecular weight is 286 g/mol. The minimum atomic E-state index is -0.179. The first-order valence-electron chi connectivity index (χ1n) is 5.84. The topological polar surface area (TPSA) is 12.0 Å². The molecular formula is C13H17BrFN. The van der Waals surface area contributed by atoms with Crippen molar-refractivity contribution in [1.29, 1.82) is 0 Å². The van der Waals surface area contributed by atoms with E-state index in [0.29, 0.717) is 10.4 Å². The Hall–Kier alpha value is -0.410. The van der Waals surface area contributed by atoms with E-state index in [-0.39, 0.29) is 5.82 Å². The van der Waals surface area contributed by atoms with Crippen molar-refractivity contribution < 1.29 is 4.39 Å². The highest BCUT2D eigenvalue weighted by Crippen LogP contribution is 2.32. The van der Waals surface area contributed by atoms with Gasteiger partial charge < -0.3 is 5.32 Å². The molecule has 1 atom stereocenters. The lowest BCUT2D eigenvalue weighted by molar-refractivity contribution is 0.330. The molecule has 0 radical (unpaired) electrons. The summed E-state index contributed by atoms with van der Waals surface area (Å²) in [6.45, 7) is 4.46. The Morgan fingerprint density at radius 2 is 2.06 bits per heavy atom. The monoisotopic (exact) mass is 285 g/mol. The van der Waals surface area contributed by atoms with Gasteiger partial charge >= 0.3 is 0 Å². The molecule has 16 heavy (non-hydrogen) atoms. The zero-order chi connectivity index (χ0) is 11.5. The average Bonchev–Trinajstić information content (AvgIpc) is 2.33. The molecule has 88 valence electrons. The van der Waals surface area contributed by atoms with Gasteiger partial charge in [-0.25, -0.2) is 4.39 Å². The largest absolute Gasteiger partial charge is 0.317 e. The van der Waals surface area contributed by atoms with Crippen LogP contribution in [0.4, 0.5) is 4.39 Å². The van der Waals surface area contributed by atoms with E-state index in [4.69, 9.17) is 0 Å². The van der Waals surface area contributed by atoms with Crippen LogP contribution >= 0.6 is 15.9 Å². The van der Waals surface area contributed by atoms with Gasteiger partial charge in [0.05, 0.1) is 4.47 Å². The lowest BCUT2D eigenvalue weighted by Gasteiger charge is -2.28. The standard InChI is InChI=1S/C13H17BrFN/c1-9(10-4-6-16-7-5-10)11-2-3-13(15)12(14)8-11/h2-3,8-10,16H,4-7H2,1H3. The molecule has 1 fully saturated rings. The van der Waals surface area contributed by atoms with Gasteiger partial charge in [-0.1, -0.05) is 13.0 Å². The maximum absolute atomic E-state index is 13.1. The summed E-state index contributed by atoms with van der Waals surface area (Å²) < 4.78 is 13.7. The summed E-state index contributed by atoms with van der Waals surface area (Å²) in [7, 11) is 0. The lowest BCUT2D eigenvalue weighted by atomic mass is 9.82. The normalized spacial score (nSPS) is 19.7. The van der Waals surface area contributed by atoms with Gasteiger partial charge in [-0.15, -0.1) is 0 Å². The van der Waals surface area contributed by atoms with Gasteiger partial charge in [0.25, 0.3) is 0 Å². The summed E-state index contributed by atoms with van der Waals surface area (Å²) in [5, 5.41) is 3.37. The summed E-state index contributed by atoms with van der Waals surface area (Å²) in [5.41, 5.74) is 1.24. The fraction of sp³-hybridized carbons (Fsp3) is 0.538. The molecule has 1 aromatic carbocycles. The first-order valence-corrected chi connectivity index (χ1v) is 6.63. The van der Waals surface area contributed by atoms with Crippen LogP contribution in [-0.4, -0.2) is 13.1 Å². The third kappa shape index (κ3) is 2.64. The van der Waals surface area contributed by atoms with E-state index in [1.165, 1.54) is 18.4 Å². The van der Waals surface area contributed by atoms with Gasteiger partial charge in [-0.2, -0.15) is 0 Å². The van der Waals surface area contributed by atoms with E-state index in [2.05, 4.69) is 28.2 Å². The van der Waals surface area contributed by atoms with Crippen molar-refractivity contribution in [2.45, 2.75) is 25.7 Å². The zero-order valence-electron chi connectivity index (χ0n) is 9.47. The Labute approximate surface area is 105 Å². The van der Waals surface area contributed by atoms with E-state index in [0.717, 1.165) is 19.0 Å². The number of hydrogen-bond donors (Lipinski definition) is 1. The van der Waals surface area contributed by atoms with Gasteiger partial charge in [0.1, 0.15) is 5.82 Å². The number of benzene rings is 1. The number of piperidine rings is 1.